The van der Waals surface area contributed by atoms with Gasteiger partial charge < -0.3 is 9.47 Å². The number of nitrogens with zero attached hydrogens (tertiary/aromatic N) is 2. The highest BCUT2D eigenvalue weighted by Gasteiger charge is 2.19. The number of hydrazone groups is 1. The van der Waals surface area contributed by atoms with Crippen LogP contribution in [0.5, 0.6) is 11.5 Å². The minimum atomic E-state index is 0.544. The summed E-state index contributed by atoms with van der Waals surface area (Å²) in [6.45, 7) is 5.01. The van der Waals surface area contributed by atoms with Crippen LogP contribution in [-0.4, -0.2) is 24.8 Å². The van der Waals surface area contributed by atoms with Crippen LogP contribution < -0.4 is 14.9 Å². The number of ether oxygens (including phenoxy) is 2. The minimum Gasteiger partial charge on any atom is -0.490 e. The molecule has 5 nitrogen and oxygen atoms in total. The summed E-state index contributed by atoms with van der Waals surface area (Å²) in [5, 5.41) is 7.32. The maximum absolute atomic E-state index is 6.30. The van der Waals surface area contributed by atoms with Gasteiger partial charge >= 0.3 is 0 Å². The zero-order valence-electron chi connectivity index (χ0n) is 16.1. The molecule has 0 spiro atoms. The third-order valence-electron chi connectivity index (χ3n) is 4.29. The van der Waals surface area contributed by atoms with E-state index in [1.165, 1.54) is 0 Å². The molecule has 4 rings (SSSR count). The standard InChI is InChI=1S/C22H20ClN3O2S/c1-3-27-18-10-7-14(12-19(18)28-4-2)21-16-13-15(23)8-9-17(16)24-22(26-25-21)20-6-5-11-29-20/h5-13H,3-4H2,1-2H3,(H,24,26). The number of amidine groups is 1. The van der Waals surface area contributed by atoms with Crippen molar-refractivity contribution in [3.05, 3.63) is 74.9 Å². The van der Waals surface area contributed by atoms with Crippen LogP contribution in [0.4, 0.5) is 5.69 Å². The van der Waals surface area contributed by atoms with Gasteiger partial charge in [0.05, 0.1) is 23.8 Å². The van der Waals surface area contributed by atoms with Crippen LogP contribution >= 0.6 is 22.9 Å². The molecule has 0 amide bonds. The van der Waals surface area contributed by atoms with Crippen LogP contribution in [-0.2, 0) is 0 Å². The van der Waals surface area contributed by atoms with Gasteiger partial charge in [0, 0.05) is 16.1 Å². The second-order valence-corrected chi connectivity index (χ2v) is 7.58. The van der Waals surface area contributed by atoms with E-state index in [-0.39, 0.29) is 0 Å². The molecule has 2 heterocycles. The van der Waals surface area contributed by atoms with Crippen molar-refractivity contribution in [3.63, 3.8) is 0 Å². The monoisotopic (exact) mass is 425 g/mol. The van der Waals surface area contributed by atoms with Crippen molar-refractivity contribution in [2.75, 3.05) is 13.2 Å². The maximum atomic E-state index is 6.30. The third-order valence-corrected chi connectivity index (χ3v) is 5.40. The topological polar surface area (TPSA) is 55.2 Å². The number of benzene rings is 2. The summed E-state index contributed by atoms with van der Waals surface area (Å²) in [7, 11) is 0. The number of nitrogens with one attached hydrogen (secondary N) is 1. The van der Waals surface area contributed by atoms with Crippen LogP contribution in [0.2, 0.25) is 5.02 Å². The van der Waals surface area contributed by atoms with Gasteiger partial charge in [-0.05, 0) is 61.7 Å². The predicted octanol–water partition coefficient (Wildman–Crippen LogP) is 5.63. The molecule has 0 atom stereocenters. The molecule has 1 aliphatic heterocycles. The Labute approximate surface area is 178 Å². The summed E-state index contributed by atoms with van der Waals surface area (Å²) < 4.78 is 11.5. The lowest BCUT2D eigenvalue weighted by atomic mass is 10.0. The fourth-order valence-corrected chi connectivity index (χ4v) is 3.89. The lowest BCUT2D eigenvalue weighted by Crippen LogP contribution is -2.18. The molecule has 7 heteroatoms. The number of hydrogen-bond donors (Lipinski definition) is 1. The van der Waals surface area contributed by atoms with Crippen LogP contribution in [0.1, 0.15) is 29.9 Å². The van der Waals surface area contributed by atoms with Crippen LogP contribution in [0, 0.1) is 0 Å². The molecule has 0 aliphatic carbocycles. The van der Waals surface area contributed by atoms with Gasteiger partial charge in [-0.25, -0.2) is 4.99 Å². The molecular formula is C22H20ClN3O2S. The highest BCUT2D eigenvalue weighted by atomic mass is 35.5. The Bertz CT molecular complexity index is 1080. The molecule has 0 radical (unpaired) electrons. The second kappa shape index (κ2) is 8.68. The first-order chi connectivity index (χ1) is 14.2. The zero-order chi connectivity index (χ0) is 20.2. The number of halogens is 1. The van der Waals surface area contributed by atoms with E-state index in [2.05, 4.69) is 10.5 Å². The van der Waals surface area contributed by atoms with Crippen molar-refractivity contribution in [1.82, 2.24) is 5.43 Å². The first-order valence-corrected chi connectivity index (χ1v) is 10.6. The van der Waals surface area contributed by atoms with Crippen molar-refractivity contribution >= 4 is 40.2 Å². The molecule has 0 saturated heterocycles. The molecule has 3 aromatic rings. The molecule has 2 aromatic carbocycles. The molecule has 0 saturated carbocycles. The minimum absolute atomic E-state index is 0.544. The van der Waals surface area contributed by atoms with E-state index in [9.17, 15) is 0 Å². The smallest absolute Gasteiger partial charge is 0.164 e. The normalized spacial score (nSPS) is 12.9. The summed E-state index contributed by atoms with van der Waals surface area (Å²) in [4.78, 5) is 5.80. The largest absolute Gasteiger partial charge is 0.490 e. The van der Waals surface area contributed by atoms with E-state index < -0.39 is 0 Å². The van der Waals surface area contributed by atoms with E-state index in [1.807, 2.05) is 67.8 Å². The van der Waals surface area contributed by atoms with Crippen molar-refractivity contribution in [2.45, 2.75) is 13.8 Å². The summed E-state index contributed by atoms with van der Waals surface area (Å²) in [5.41, 5.74) is 6.40. The molecule has 1 aliphatic rings. The molecule has 1 N–H and O–H groups in total. The number of aliphatic imine (C=N–C) groups is 1. The third kappa shape index (κ3) is 4.13. The Kier molecular flexibility index (Phi) is 5.83. The van der Waals surface area contributed by atoms with Crippen LogP contribution in [0.3, 0.4) is 0 Å². The van der Waals surface area contributed by atoms with Crippen molar-refractivity contribution in [3.8, 4) is 11.5 Å². The Morgan fingerprint density at radius 2 is 1.83 bits per heavy atom. The average molecular weight is 426 g/mol. The molecule has 0 unspecified atom stereocenters. The molecule has 1 aromatic heterocycles. The number of hydrogen-bond acceptors (Lipinski definition) is 6. The molecular weight excluding hydrogens is 406 g/mol. The van der Waals surface area contributed by atoms with E-state index in [1.54, 1.807) is 11.3 Å². The van der Waals surface area contributed by atoms with Crippen molar-refractivity contribution < 1.29 is 9.47 Å². The van der Waals surface area contributed by atoms with Gasteiger partial charge in [0.15, 0.2) is 17.3 Å². The fourth-order valence-electron chi connectivity index (χ4n) is 3.05. The Hall–Kier alpha value is -2.83. The SMILES string of the molecule is CCOc1ccc(C2=NNC(c3cccs3)=Nc3ccc(Cl)cc32)cc1OCC. The number of rotatable bonds is 6. The highest BCUT2D eigenvalue weighted by Crippen LogP contribution is 2.33. The quantitative estimate of drug-likeness (QED) is 0.556. The highest BCUT2D eigenvalue weighted by molar-refractivity contribution is 7.12. The second-order valence-electron chi connectivity index (χ2n) is 6.20. The number of fused-ring (bicyclic) bond motifs is 1. The molecule has 29 heavy (non-hydrogen) atoms. The van der Waals surface area contributed by atoms with Crippen molar-refractivity contribution in [1.29, 1.82) is 0 Å². The predicted molar refractivity (Wildman–Crippen MR) is 120 cm³/mol. The molecule has 0 bridgehead atoms. The lowest BCUT2D eigenvalue weighted by molar-refractivity contribution is 0.287. The van der Waals surface area contributed by atoms with Gasteiger partial charge in [0.25, 0.3) is 0 Å². The summed E-state index contributed by atoms with van der Waals surface area (Å²) >= 11 is 7.90. The van der Waals surface area contributed by atoms with Crippen molar-refractivity contribution in [2.24, 2.45) is 10.1 Å². The first-order valence-electron chi connectivity index (χ1n) is 9.35. The van der Waals surface area contributed by atoms with Gasteiger partial charge in [0.2, 0.25) is 0 Å². The van der Waals surface area contributed by atoms with E-state index in [4.69, 9.17) is 26.1 Å². The lowest BCUT2D eigenvalue weighted by Gasteiger charge is -2.14. The molecule has 148 valence electrons. The summed E-state index contributed by atoms with van der Waals surface area (Å²) in [6.07, 6.45) is 0. The Morgan fingerprint density at radius 3 is 2.59 bits per heavy atom. The summed E-state index contributed by atoms with van der Waals surface area (Å²) in [6, 6.07) is 15.4. The van der Waals surface area contributed by atoms with E-state index >= 15 is 0 Å². The number of thiophene rings is 1. The van der Waals surface area contributed by atoms with Gasteiger partial charge in [0.1, 0.15) is 5.71 Å². The Balaban J connectivity index is 1.82. The maximum Gasteiger partial charge on any atom is 0.164 e. The van der Waals surface area contributed by atoms with Crippen LogP contribution in [0.15, 0.2) is 64.0 Å². The van der Waals surface area contributed by atoms with Gasteiger partial charge in [-0.2, -0.15) is 5.10 Å². The van der Waals surface area contributed by atoms with E-state index in [0.717, 1.165) is 27.4 Å². The summed E-state index contributed by atoms with van der Waals surface area (Å²) in [5.74, 6) is 2.10. The van der Waals surface area contributed by atoms with Gasteiger partial charge in [-0.15, -0.1) is 11.3 Å². The van der Waals surface area contributed by atoms with Gasteiger partial charge in [-0.3, -0.25) is 5.43 Å². The first kappa shape index (κ1) is 19.5. The molecule has 0 fully saturated rings. The zero-order valence-corrected chi connectivity index (χ0v) is 17.7. The average Bonchev–Trinajstić information content (AvgIpc) is 3.19. The van der Waals surface area contributed by atoms with Gasteiger partial charge in [-0.1, -0.05) is 17.7 Å². The van der Waals surface area contributed by atoms with Crippen LogP contribution in [0.25, 0.3) is 0 Å². The van der Waals surface area contributed by atoms with E-state index in [0.29, 0.717) is 35.6 Å². The fraction of sp³-hybridized carbons (Fsp3) is 0.182. The Morgan fingerprint density at radius 1 is 1.00 bits per heavy atom.